The molecule has 0 heterocycles. The number of carbonyl (C=O) groups is 2. The van der Waals surface area contributed by atoms with Crippen molar-refractivity contribution in [3.05, 3.63) is 0 Å². The summed E-state index contributed by atoms with van der Waals surface area (Å²) in [6, 6.07) is -0.0501. The lowest BCUT2D eigenvalue weighted by molar-refractivity contribution is -0.130. The third-order valence-electron chi connectivity index (χ3n) is 4.49. The monoisotopic (exact) mass is 328 g/mol. The summed E-state index contributed by atoms with van der Waals surface area (Å²) in [5.74, 6) is -0.234. The van der Waals surface area contributed by atoms with Crippen molar-refractivity contribution < 1.29 is 19.4 Å². The highest BCUT2D eigenvalue weighted by molar-refractivity contribution is 5.80. The van der Waals surface area contributed by atoms with Crippen LogP contribution in [0.15, 0.2) is 0 Å². The van der Waals surface area contributed by atoms with Gasteiger partial charge in [-0.15, -0.1) is 0 Å². The van der Waals surface area contributed by atoms with E-state index in [1.165, 1.54) is 0 Å². The van der Waals surface area contributed by atoms with Crippen molar-refractivity contribution in [3.8, 4) is 0 Å². The summed E-state index contributed by atoms with van der Waals surface area (Å²) in [6.45, 7) is 12.4. The Bertz CT molecular complexity index is 446. The molecule has 3 N–H and O–H groups in total. The molecule has 23 heavy (non-hydrogen) atoms. The standard InChI is InChI=1S/C17H32N2O4/c1-15(2,3)23-14(21)18-12-9-8-11(10-12)13(20)19-16(4,5)17(6,7)22/h11-12,22H,8-10H2,1-7H3,(H,18,21)(H,19,20)/t11-,12-/m0/s1. The van der Waals surface area contributed by atoms with Crippen molar-refractivity contribution in [1.29, 1.82) is 0 Å². The van der Waals surface area contributed by atoms with Gasteiger partial charge in [0.15, 0.2) is 0 Å². The largest absolute Gasteiger partial charge is 0.444 e. The highest BCUT2D eigenvalue weighted by atomic mass is 16.6. The second kappa shape index (κ2) is 6.67. The van der Waals surface area contributed by atoms with Crippen LogP contribution in [0.1, 0.15) is 67.7 Å². The molecule has 0 aromatic rings. The third kappa shape index (κ3) is 6.01. The molecular weight excluding hydrogens is 296 g/mol. The van der Waals surface area contributed by atoms with Crippen molar-refractivity contribution in [2.75, 3.05) is 0 Å². The molecule has 0 saturated heterocycles. The molecule has 0 aromatic heterocycles. The highest BCUT2D eigenvalue weighted by Gasteiger charge is 2.39. The van der Waals surface area contributed by atoms with E-state index in [-0.39, 0.29) is 17.9 Å². The van der Waals surface area contributed by atoms with E-state index < -0.39 is 22.8 Å². The minimum Gasteiger partial charge on any atom is -0.444 e. The van der Waals surface area contributed by atoms with Gasteiger partial charge < -0.3 is 20.5 Å². The van der Waals surface area contributed by atoms with Gasteiger partial charge in [0.1, 0.15) is 5.60 Å². The lowest BCUT2D eigenvalue weighted by Crippen LogP contribution is -2.58. The average molecular weight is 328 g/mol. The van der Waals surface area contributed by atoms with E-state index in [4.69, 9.17) is 4.74 Å². The molecule has 0 bridgehead atoms. The Balaban J connectivity index is 2.51. The SMILES string of the molecule is CC(C)(C)OC(=O)N[C@H]1CC[C@H](C(=O)NC(C)(C)C(C)(C)O)C1. The van der Waals surface area contributed by atoms with E-state index in [2.05, 4.69) is 10.6 Å². The molecule has 1 aliphatic rings. The molecule has 0 aliphatic heterocycles. The molecule has 1 saturated carbocycles. The average Bonchev–Trinajstić information content (AvgIpc) is 2.72. The summed E-state index contributed by atoms with van der Waals surface area (Å²) in [5.41, 5.74) is -2.27. The summed E-state index contributed by atoms with van der Waals surface area (Å²) in [6.07, 6.45) is 1.61. The van der Waals surface area contributed by atoms with E-state index in [0.717, 1.165) is 6.42 Å². The molecule has 1 rings (SSSR count). The maximum Gasteiger partial charge on any atom is 0.407 e. The number of amides is 2. The van der Waals surface area contributed by atoms with E-state index in [0.29, 0.717) is 12.8 Å². The van der Waals surface area contributed by atoms with Crippen molar-refractivity contribution >= 4 is 12.0 Å². The summed E-state index contributed by atoms with van der Waals surface area (Å²) in [5, 5.41) is 15.9. The van der Waals surface area contributed by atoms with E-state index in [1.54, 1.807) is 27.7 Å². The molecule has 134 valence electrons. The Kier molecular flexibility index (Phi) is 5.73. The first-order valence-electron chi connectivity index (χ1n) is 8.25. The Morgan fingerprint density at radius 2 is 1.61 bits per heavy atom. The van der Waals surface area contributed by atoms with Crippen LogP contribution in [0.3, 0.4) is 0 Å². The number of hydrogen-bond donors (Lipinski definition) is 3. The molecule has 0 aromatic carbocycles. The number of rotatable bonds is 4. The van der Waals surface area contributed by atoms with Gasteiger partial charge in [-0.05, 0) is 67.7 Å². The zero-order chi connectivity index (χ0) is 18.1. The fourth-order valence-corrected chi connectivity index (χ4v) is 2.39. The van der Waals surface area contributed by atoms with Crippen LogP contribution in [0.4, 0.5) is 4.79 Å². The van der Waals surface area contributed by atoms with Crippen LogP contribution in [0.25, 0.3) is 0 Å². The van der Waals surface area contributed by atoms with Gasteiger partial charge in [0.25, 0.3) is 0 Å². The number of hydrogen-bond acceptors (Lipinski definition) is 4. The molecule has 0 unspecified atom stereocenters. The first-order valence-corrected chi connectivity index (χ1v) is 8.25. The van der Waals surface area contributed by atoms with Gasteiger partial charge in [0, 0.05) is 12.0 Å². The summed E-state index contributed by atoms with van der Waals surface area (Å²) < 4.78 is 5.24. The molecular formula is C17H32N2O4. The quantitative estimate of drug-likeness (QED) is 0.739. The van der Waals surface area contributed by atoms with Crippen LogP contribution < -0.4 is 10.6 Å². The lowest BCUT2D eigenvalue weighted by Gasteiger charge is -2.38. The first-order chi connectivity index (χ1) is 10.2. The van der Waals surface area contributed by atoms with E-state index in [9.17, 15) is 14.7 Å². The van der Waals surface area contributed by atoms with Gasteiger partial charge in [-0.3, -0.25) is 4.79 Å². The minimum atomic E-state index is -1.02. The van der Waals surface area contributed by atoms with Gasteiger partial charge in [0.2, 0.25) is 5.91 Å². The summed E-state index contributed by atoms with van der Waals surface area (Å²) in [7, 11) is 0. The van der Waals surface area contributed by atoms with Crippen molar-refractivity contribution in [1.82, 2.24) is 10.6 Å². The normalized spacial score (nSPS) is 22.6. The molecule has 0 radical (unpaired) electrons. The maximum absolute atomic E-state index is 12.4. The number of carbonyl (C=O) groups excluding carboxylic acids is 2. The number of aliphatic hydroxyl groups is 1. The van der Waals surface area contributed by atoms with E-state index >= 15 is 0 Å². The summed E-state index contributed by atoms with van der Waals surface area (Å²) in [4.78, 5) is 24.2. The third-order valence-corrected chi connectivity index (χ3v) is 4.49. The van der Waals surface area contributed by atoms with Crippen LogP contribution in [0.5, 0.6) is 0 Å². The minimum absolute atomic E-state index is 0.0501. The molecule has 1 aliphatic carbocycles. The zero-order valence-corrected chi connectivity index (χ0v) is 15.4. The highest BCUT2D eigenvalue weighted by Crippen LogP contribution is 2.28. The topological polar surface area (TPSA) is 87.7 Å². The summed E-state index contributed by atoms with van der Waals surface area (Å²) >= 11 is 0. The van der Waals surface area contributed by atoms with Crippen molar-refractivity contribution in [2.45, 2.75) is 90.5 Å². The molecule has 6 nitrogen and oxygen atoms in total. The zero-order valence-electron chi connectivity index (χ0n) is 15.4. The number of nitrogens with one attached hydrogen (secondary N) is 2. The van der Waals surface area contributed by atoms with Crippen molar-refractivity contribution in [3.63, 3.8) is 0 Å². The fraction of sp³-hybridized carbons (Fsp3) is 0.882. The predicted molar refractivity (Wildman–Crippen MR) is 89.0 cm³/mol. The maximum atomic E-state index is 12.4. The number of ether oxygens (including phenoxy) is 1. The second-order valence-electron chi connectivity index (χ2n) is 8.53. The van der Waals surface area contributed by atoms with E-state index in [1.807, 2.05) is 20.8 Å². The molecule has 0 spiro atoms. The van der Waals surface area contributed by atoms with Crippen LogP contribution in [0.2, 0.25) is 0 Å². The van der Waals surface area contributed by atoms with Crippen LogP contribution in [-0.2, 0) is 9.53 Å². The molecule has 6 heteroatoms. The molecule has 1 fully saturated rings. The number of alkyl carbamates (subject to hydrolysis) is 1. The van der Waals surface area contributed by atoms with Gasteiger partial charge in [-0.1, -0.05) is 0 Å². The molecule has 2 atom stereocenters. The van der Waals surface area contributed by atoms with Crippen LogP contribution >= 0.6 is 0 Å². The fourth-order valence-electron chi connectivity index (χ4n) is 2.39. The smallest absolute Gasteiger partial charge is 0.407 e. The lowest BCUT2D eigenvalue weighted by atomic mass is 9.85. The van der Waals surface area contributed by atoms with Gasteiger partial charge in [0.05, 0.1) is 11.1 Å². The molecule has 2 amide bonds. The Morgan fingerprint density at radius 1 is 1.04 bits per heavy atom. The predicted octanol–water partition coefficient (Wildman–Crippen LogP) is 2.35. The van der Waals surface area contributed by atoms with Crippen molar-refractivity contribution in [2.24, 2.45) is 5.92 Å². The van der Waals surface area contributed by atoms with Gasteiger partial charge in [-0.25, -0.2) is 4.79 Å². The van der Waals surface area contributed by atoms with Crippen LogP contribution in [0, 0.1) is 5.92 Å². The van der Waals surface area contributed by atoms with Crippen LogP contribution in [-0.4, -0.2) is 39.9 Å². The Hall–Kier alpha value is -1.30. The second-order valence-corrected chi connectivity index (χ2v) is 8.53. The van der Waals surface area contributed by atoms with Gasteiger partial charge >= 0.3 is 6.09 Å². The first kappa shape index (κ1) is 19.7. The Labute approximate surface area is 139 Å². The van der Waals surface area contributed by atoms with Gasteiger partial charge in [-0.2, -0.15) is 0 Å². The Morgan fingerprint density at radius 3 is 2.09 bits per heavy atom.